The fourth-order valence-electron chi connectivity index (χ4n) is 3.28. The highest BCUT2D eigenvalue weighted by molar-refractivity contribution is 6.30. The Balaban J connectivity index is 1.39. The Labute approximate surface area is 190 Å². The van der Waals surface area contributed by atoms with Crippen LogP contribution >= 0.6 is 11.6 Å². The van der Waals surface area contributed by atoms with Crippen LogP contribution in [0.4, 0.5) is 21.9 Å². The molecule has 0 atom stereocenters. The van der Waals surface area contributed by atoms with E-state index in [-0.39, 0.29) is 12.5 Å². The molecule has 0 bridgehead atoms. The van der Waals surface area contributed by atoms with E-state index in [0.717, 1.165) is 11.3 Å². The number of nitrogens with one attached hydrogen (secondary N) is 2. The third-order valence-electron chi connectivity index (χ3n) is 4.85. The number of hydrogen-bond donors (Lipinski definition) is 2. The third kappa shape index (κ3) is 5.31. The molecule has 3 amide bonds. The highest BCUT2D eigenvalue weighted by Gasteiger charge is 2.25. The molecule has 32 heavy (non-hydrogen) atoms. The van der Waals surface area contributed by atoms with E-state index in [4.69, 9.17) is 21.1 Å². The van der Waals surface area contributed by atoms with Crippen LogP contribution in [0.15, 0.2) is 66.7 Å². The predicted octanol–water partition coefficient (Wildman–Crippen LogP) is 5.10. The van der Waals surface area contributed by atoms with E-state index in [0.29, 0.717) is 41.0 Å². The van der Waals surface area contributed by atoms with E-state index in [9.17, 15) is 9.59 Å². The summed E-state index contributed by atoms with van der Waals surface area (Å²) in [5.74, 6) is 1.12. The average Bonchev–Trinajstić information content (AvgIpc) is 2.76. The quantitative estimate of drug-likeness (QED) is 0.546. The Morgan fingerprint density at radius 3 is 2.56 bits per heavy atom. The molecule has 0 aromatic heterocycles. The van der Waals surface area contributed by atoms with Crippen LogP contribution in [0.3, 0.4) is 0 Å². The summed E-state index contributed by atoms with van der Waals surface area (Å²) in [4.78, 5) is 26.3. The molecule has 0 radical (unpaired) electrons. The molecule has 1 heterocycles. The maximum atomic E-state index is 12.4. The number of ether oxygens (including phenoxy) is 2. The molecule has 0 spiro atoms. The lowest BCUT2D eigenvalue weighted by Gasteiger charge is -2.29. The number of carbonyl (C=O) groups is 2. The van der Waals surface area contributed by atoms with Crippen LogP contribution < -0.4 is 25.0 Å². The van der Waals surface area contributed by atoms with Crippen molar-refractivity contribution < 1.29 is 19.1 Å². The zero-order valence-corrected chi connectivity index (χ0v) is 18.2. The topological polar surface area (TPSA) is 79.9 Å². The Hall–Kier alpha value is -3.71. The Kier molecular flexibility index (Phi) is 6.47. The van der Waals surface area contributed by atoms with Crippen molar-refractivity contribution in [2.24, 2.45) is 0 Å². The summed E-state index contributed by atoms with van der Waals surface area (Å²) in [6, 6.07) is 19.3. The molecular formula is C24H22ClN3O4. The number of fused-ring (bicyclic) bond motifs is 1. The van der Waals surface area contributed by atoms with E-state index in [2.05, 4.69) is 10.6 Å². The number of halogens is 1. The van der Waals surface area contributed by atoms with Crippen LogP contribution in [0.25, 0.3) is 0 Å². The number of nitrogens with zero attached hydrogens (tertiary/aromatic N) is 1. The lowest BCUT2D eigenvalue weighted by atomic mass is 10.2. The van der Waals surface area contributed by atoms with E-state index in [1.165, 1.54) is 0 Å². The van der Waals surface area contributed by atoms with Crippen molar-refractivity contribution in [3.8, 4) is 11.5 Å². The lowest BCUT2D eigenvalue weighted by molar-refractivity contribution is -0.121. The van der Waals surface area contributed by atoms with Gasteiger partial charge in [-0.2, -0.15) is 0 Å². The van der Waals surface area contributed by atoms with Crippen LogP contribution in [-0.2, 0) is 4.79 Å². The Bertz CT molecular complexity index is 1130. The minimum absolute atomic E-state index is 0.0737. The molecule has 0 saturated carbocycles. The third-order valence-corrected chi connectivity index (χ3v) is 5.08. The monoisotopic (exact) mass is 451 g/mol. The minimum atomic E-state index is -0.414. The van der Waals surface area contributed by atoms with Gasteiger partial charge in [-0.05, 0) is 49.4 Å². The van der Waals surface area contributed by atoms with Gasteiger partial charge in [0, 0.05) is 22.5 Å². The summed E-state index contributed by atoms with van der Waals surface area (Å²) in [5, 5.41) is 6.00. The first-order valence-electron chi connectivity index (χ1n) is 10.1. The zero-order chi connectivity index (χ0) is 22.5. The number of hydrogen-bond acceptors (Lipinski definition) is 4. The SMILES string of the molecule is Cc1ccc(OCCN2C(=O)COc3cc(NC(=O)Nc4cccc(Cl)c4)ccc32)cc1. The van der Waals surface area contributed by atoms with Gasteiger partial charge in [0.25, 0.3) is 5.91 Å². The molecule has 2 N–H and O–H groups in total. The van der Waals surface area contributed by atoms with Gasteiger partial charge in [0.15, 0.2) is 6.61 Å². The summed E-state index contributed by atoms with van der Waals surface area (Å²) < 4.78 is 11.3. The molecule has 3 aromatic rings. The van der Waals surface area contributed by atoms with Gasteiger partial charge in [-0.25, -0.2) is 4.79 Å². The van der Waals surface area contributed by atoms with Gasteiger partial charge < -0.3 is 25.0 Å². The Morgan fingerprint density at radius 1 is 1.06 bits per heavy atom. The number of aryl methyl sites for hydroxylation is 1. The van der Waals surface area contributed by atoms with Crippen LogP contribution in [0.1, 0.15) is 5.56 Å². The van der Waals surface area contributed by atoms with Gasteiger partial charge in [-0.3, -0.25) is 4.79 Å². The summed E-state index contributed by atoms with van der Waals surface area (Å²) in [7, 11) is 0. The molecule has 0 aliphatic carbocycles. The van der Waals surface area contributed by atoms with E-state index in [1.54, 1.807) is 47.4 Å². The van der Waals surface area contributed by atoms with Crippen molar-refractivity contribution in [2.75, 3.05) is 35.3 Å². The number of rotatable bonds is 6. The maximum absolute atomic E-state index is 12.4. The fraction of sp³-hybridized carbons (Fsp3) is 0.167. The normalized spacial score (nSPS) is 12.6. The number of amides is 3. The van der Waals surface area contributed by atoms with Gasteiger partial charge in [0.05, 0.1) is 12.2 Å². The zero-order valence-electron chi connectivity index (χ0n) is 17.4. The van der Waals surface area contributed by atoms with Gasteiger partial charge in [0.1, 0.15) is 18.1 Å². The second-order valence-corrected chi connectivity index (χ2v) is 7.70. The number of carbonyl (C=O) groups excluding carboxylic acids is 2. The minimum Gasteiger partial charge on any atom is -0.492 e. The lowest BCUT2D eigenvalue weighted by Crippen LogP contribution is -2.41. The molecule has 164 valence electrons. The van der Waals surface area contributed by atoms with Gasteiger partial charge in [-0.1, -0.05) is 35.4 Å². The molecule has 0 unspecified atom stereocenters. The molecule has 7 nitrogen and oxygen atoms in total. The van der Waals surface area contributed by atoms with Crippen LogP contribution in [0.2, 0.25) is 5.02 Å². The molecule has 0 saturated heterocycles. The van der Waals surface area contributed by atoms with Crippen LogP contribution in [0, 0.1) is 6.92 Å². The summed E-state index contributed by atoms with van der Waals surface area (Å²) in [6.07, 6.45) is 0. The molecule has 3 aromatic carbocycles. The predicted molar refractivity (Wildman–Crippen MR) is 125 cm³/mol. The second-order valence-electron chi connectivity index (χ2n) is 7.27. The van der Waals surface area contributed by atoms with Gasteiger partial charge in [-0.15, -0.1) is 0 Å². The number of anilines is 3. The highest BCUT2D eigenvalue weighted by Crippen LogP contribution is 2.34. The molecule has 8 heteroatoms. The maximum Gasteiger partial charge on any atom is 0.323 e. The molecule has 4 rings (SSSR count). The van der Waals surface area contributed by atoms with Crippen molar-refractivity contribution in [1.29, 1.82) is 0 Å². The van der Waals surface area contributed by atoms with Crippen molar-refractivity contribution in [3.05, 3.63) is 77.3 Å². The first kappa shape index (κ1) is 21.5. The first-order chi connectivity index (χ1) is 15.5. The van der Waals surface area contributed by atoms with Crippen LogP contribution in [-0.4, -0.2) is 31.7 Å². The number of benzene rings is 3. The summed E-state index contributed by atoms with van der Waals surface area (Å²) >= 11 is 5.94. The van der Waals surface area contributed by atoms with Crippen molar-refractivity contribution in [2.45, 2.75) is 6.92 Å². The summed E-state index contributed by atoms with van der Waals surface area (Å²) in [5.41, 5.74) is 2.90. The van der Waals surface area contributed by atoms with E-state index >= 15 is 0 Å². The van der Waals surface area contributed by atoms with Gasteiger partial charge >= 0.3 is 6.03 Å². The fourth-order valence-corrected chi connectivity index (χ4v) is 3.47. The molecule has 1 aliphatic rings. The Morgan fingerprint density at radius 2 is 1.81 bits per heavy atom. The van der Waals surface area contributed by atoms with E-state index in [1.807, 2.05) is 31.2 Å². The van der Waals surface area contributed by atoms with Crippen molar-refractivity contribution in [3.63, 3.8) is 0 Å². The number of urea groups is 1. The smallest absolute Gasteiger partial charge is 0.323 e. The largest absolute Gasteiger partial charge is 0.492 e. The average molecular weight is 452 g/mol. The highest BCUT2D eigenvalue weighted by atomic mass is 35.5. The second kappa shape index (κ2) is 9.62. The van der Waals surface area contributed by atoms with Crippen molar-refractivity contribution >= 4 is 40.6 Å². The molecule has 1 aliphatic heterocycles. The standard InChI is InChI=1S/C24H22ClN3O4/c1-16-5-8-20(9-6-16)31-12-11-28-21-10-7-19(14-22(21)32-15-23(28)29)27-24(30)26-18-4-2-3-17(25)13-18/h2-10,13-14H,11-12,15H2,1H3,(H2,26,27,30). The molecule has 0 fully saturated rings. The van der Waals surface area contributed by atoms with E-state index < -0.39 is 6.03 Å². The summed E-state index contributed by atoms with van der Waals surface area (Å²) in [6.45, 7) is 2.66. The molecular weight excluding hydrogens is 430 g/mol. The van der Waals surface area contributed by atoms with Crippen LogP contribution in [0.5, 0.6) is 11.5 Å². The first-order valence-corrected chi connectivity index (χ1v) is 10.5. The van der Waals surface area contributed by atoms with Gasteiger partial charge in [0.2, 0.25) is 0 Å². The van der Waals surface area contributed by atoms with Crippen molar-refractivity contribution in [1.82, 2.24) is 0 Å².